The number of carbonyl (C=O) groups excluding carboxylic acids is 1. The van der Waals surface area contributed by atoms with Crippen LogP contribution in [0.2, 0.25) is 0 Å². The molecule has 0 bridgehead atoms. The molecule has 38 heavy (non-hydrogen) atoms. The van der Waals surface area contributed by atoms with Crippen molar-refractivity contribution in [3.63, 3.8) is 0 Å². The number of nitrogens with one attached hydrogen (secondary N) is 1. The molecular formula is C26H30N6O3S3. The number of anilines is 1. The zero-order valence-corrected chi connectivity index (χ0v) is 23.7. The number of aromatic nitrogens is 4. The lowest BCUT2D eigenvalue weighted by atomic mass is 9.97. The van der Waals surface area contributed by atoms with Crippen LogP contribution in [0.4, 0.5) is 5.69 Å². The highest BCUT2D eigenvalue weighted by Crippen LogP contribution is 2.37. The average molecular weight is 571 g/mol. The molecule has 0 radical (unpaired) electrons. The molecular weight excluding hydrogens is 541 g/mol. The molecule has 0 spiro atoms. The minimum absolute atomic E-state index is 0.0508. The average Bonchev–Trinajstić information content (AvgIpc) is 3.53. The zero-order chi connectivity index (χ0) is 26.3. The van der Waals surface area contributed by atoms with Crippen molar-refractivity contribution in [2.24, 2.45) is 0 Å². The number of nitrogens with zero attached hydrogens (tertiary/aromatic N) is 5. The summed E-state index contributed by atoms with van der Waals surface area (Å²) in [6.07, 6.45) is 9.95. The van der Waals surface area contributed by atoms with Gasteiger partial charge in [0.1, 0.15) is 11.2 Å². The maximum Gasteiger partial charge on any atom is 0.243 e. The molecule has 1 aromatic carbocycles. The molecule has 3 aromatic heterocycles. The van der Waals surface area contributed by atoms with E-state index in [-0.39, 0.29) is 22.6 Å². The Kier molecular flexibility index (Phi) is 7.14. The number of piperidine rings is 1. The first-order valence-electron chi connectivity index (χ1n) is 13.1. The molecule has 1 amide bonds. The van der Waals surface area contributed by atoms with E-state index in [1.54, 1.807) is 46.2 Å². The summed E-state index contributed by atoms with van der Waals surface area (Å²) in [6, 6.07) is 6.49. The lowest BCUT2D eigenvalue weighted by Crippen LogP contribution is -2.43. The normalized spacial score (nSPS) is 18.6. The van der Waals surface area contributed by atoms with Gasteiger partial charge in [-0.15, -0.1) is 21.5 Å². The highest BCUT2D eigenvalue weighted by Gasteiger charge is 2.32. The van der Waals surface area contributed by atoms with E-state index in [0.29, 0.717) is 17.4 Å². The zero-order valence-electron chi connectivity index (χ0n) is 21.2. The second-order valence-electron chi connectivity index (χ2n) is 9.85. The fourth-order valence-corrected chi connectivity index (χ4v) is 9.20. The van der Waals surface area contributed by atoms with E-state index < -0.39 is 10.0 Å². The van der Waals surface area contributed by atoms with Gasteiger partial charge in [-0.1, -0.05) is 25.1 Å². The van der Waals surface area contributed by atoms with Gasteiger partial charge in [0.2, 0.25) is 15.9 Å². The second-order valence-corrected chi connectivity index (χ2v) is 13.8. The summed E-state index contributed by atoms with van der Waals surface area (Å²) in [5.41, 5.74) is 2.71. The van der Waals surface area contributed by atoms with Gasteiger partial charge in [0.15, 0.2) is 10.8 Å². The second kappa shape index (κ2) is 10.6. The van der Waals surface area contributed by atoms with Crippen LogP contribution in [-0.2, 0) is 27.7 Å². The first-order chi connectivity index (χ1) is 18.5. The number of benzene rings is 1. The number of thioether (sulfide) groups is 1. The molecule has 6 rings (SSSR count). The standard InChI is InChI=1S/C26H30N6O3S3/c1-2-18-7-5-6-14-32(18)38(34,35)19-12-10-17(11-13-19)28-22(33)15-36-26-30-29-24-23-20-8-3-4-9-21(20)37-25(23)27-16-31(24)26/h10-13,16,18H,2-9,14-15H2,1H3,(H,28,33)/t18-/m0/s1. The van der Waals surface area contributed by atoms with E-state index in [1.165, 1.54) is 35.0 Å². The SMILES string of the molecule is CC[C@H]1CCCCN1S(=O)(=O)c1ccc(NC(=O)CSc2nnc3c4c5c(sc4ncn23)CCCC5)cc1. The Hall–Kier alpha value is -2.54. The summed E-state index contributed by atoms with van der Waals surface area (Å²) >= 11 is 3.05. The van der Waals surface area contributed by atoms with Gasteiger partial charge >= 0.3 is 0 Å². The molecule has 1 saturated heterocycles. The largest absolute Gasteiger partial charge is 0.325 e. The van der Waals surface area contributed by atoms with Crippen molar-refractivity contribution in [2.75, 3.05) is 17.6 Å². The van der Waals surface area contributed by atoms with Crippen molar-refractivity contribution < 1.29 is 13.2 Å². The Morgan fingerprint density at radius 3 is 2.76 bits per heavy atom. The number of fused-ring (bicyclic) bond motifs is 5. The molecule has 1 fully saturated rings. The predicted octanol–water partition coefficient (Wildman–Crippen LogP) is 4.90. The van der Waals surface area contributed by atoms with Crippen LogP contribution in [0, 0.1) is 0 Å². The van der Waals surface area contributed by atoms with Crippen LogP contribution in [0.1, 0.15) is 55.9 Å². The molecule has 0 saturated carbocycles. The van der Waals surface area contributed by atoms with Crippen LogP contribution in [-0.4, -0.2) is 56.6 Å². The molecule has 1 atom stereocenters. The summed E-state index contributed by atoms with van der Waals surface area (Å²) in [4.78, 5) is 20.0. The third-order valence-corrected chi connectivity index (χ3v) is 11.6. The van der Waals surface area contributed by atoms with Crippen molar-refractivity contribution in [3.05, 3.63) is 41.0 Å². The minimum Gasteiger partial charge on any atom is -0.325 e. The van der Waals surface area contributed by atoms with Crippen LogP contribution in [0.15, 0.2) is 40.6 Å². The number of sulfonamides is 1. The third-order valence-electron chi connectivity index (χ3n) is 7.45. The number of amides is 1. The predicted molar refractivity (Wildman–Crippen MR) is 150 cm³/mol. The third kappa shape index (κ3) is 4.72. The summed E-state index contributed by atoms with van der Waals surface area (Å²) in [7, 11) is -3.55. The molecule has 1 N–H and O–H groups in total. The van der Waals surface area contributed by atoms with Gasteiger partial charge in [0, 0.05) is 23.2 Å². The number of hydrogen-bond acceptors (Lipinski definition) is 8. The van der Waals surface area contributed by atoms with Gasteiger partial charge in [0.05, 0.1) is 16.0 Å². The van der Waals surface area contributed by atoms with E-state index in [0.717, 1.165) is 54.4 Å². The van der Waals surface area contributed by atoms with E-state index in [9.17, 15) is 13.2 Å². The quantitative estimate of drug-likeness (QED) is 0.315. The number of carbonyl (C=O) groups is 1. The summed E-state index contributed by atoms with van der Waals surface area (Å²) in [6.45, 7) is 2.59. The molecule has 4 heterocycles. The van der Waals surface area contributed by atoms with Crippen molar-refractivity contribution >= 4 is 60.6 Å². The number of rotatable bonds is 7. The fourth-order valence-electron chi connectivity index (χ4n) is 5.50. The van der Waals surface area contributed by atoms with Crippen molar-refractivity contribution in [2.45, 2.75) is 74.4 Å². The van der Waals surface area contributed by atoms with Gasteiger partial charge in [-0.05, 0) is 74.8 Å². The van der Waals surface area contributed by atoms with Gasteiger partial charge in [0.25, 0.3) is 0 Å². The smallest absolute Gasteiger partial charge is 0.243 e. The van der Waals surface area contributed by atoms with Crippen molar-refractivity contribution in [1.29, 1.82) is 0 Å². The van der Waals surface area contributed by atoms with Gasteiger partial charge in [-0.25, -0.2) is 13.4 Å². The Bertz CT molecular complexity index is 1600. The van der Waals surface area contributed by atoms with Crippen molar-refractivity contribution in [1.82, 2.24) is 23.9 Å². The van der Waals surface area contributed by atoms with Gasteiger partial charge < -0.3 is 5.32 Å². The first kappa shape index (κ1) is 25.7. The van der Waals surface area contributed by atoms with Crippen LogP contribution in [0.25, 0.3) is 15.9 Å². The lowest BCUT2D eigenvalue weighted by Gasteiger charge is -2.34. The Morgan fingerprint density at radius 1 is 1.13 bits per heavy atom. The fraction of sp³-hybridized carbons (Fsp3) is 0.462. The van der Waals surface area contributed by atoms with E-state index >= 15 is 0 Å². The molecule has 12 heteroatoms. The van der Waals surface area contributed by atoms with E-state index in [2.05, 4.69) is 20.5 Å². The van der Waals surface area contributed by atoms with Crippen LogP contribution < -0.4 is 5.32 Å². The molecule has 200 valence electrons. The first-order valence-corrected chi connectivity index (χ1v) is 16.4. The van der Waals surface area contributed by atoms with Gasteiger partial charge in [-0.3, -0.25) is 9.20 Å². The highest BCUT2D eigenvalue weighted by molar-refractivity contribution is 7.99. The van der Waals surface area contributed by atoms with Crippen molar-refractivity contribution in [3.8, 4) is 0 Å². The molecule has 1 aliphatic carbocycles. The molecule has 0 unspecified atom stereocenters. The van der Waals surface area contributed by atoms with Gasteiger partial charge in [-0.2, -0.15) is 4.31 Å². The molecule has 1 aliphatic heterocycles. The van der Waals surface area contributed by atoms with E-state index in [1.807, 2.05) is 11.3 Å². The number of aryl methyl sites for hydroxylation is 2. The molecule has 9 nitrogen and oxygen atoms in total. The highest BCUT2D eigenvalue weighted by atomic mass is 32.2. The Morgan fingerprint density at radius 2 is 1.95 bits per heavy atom. The summed E-state index contributed by atoms with van der Waals surface area (Å²) in [5, 5.41) is 13.4. The van der Waals surface area contributed by atoms with Crippen LogP contribution in [0.5, 0.6) is 0 Å². The summed E-state index contributed by atoms with van der Waals surface area (Å²) in [5.74, 6) is -0.0570. The number of hydrogen-bond donors (Lipinski definition) is 1. The topological polar surface area (TPSA) is 110 Å². The monoisotopic (exact) mass is 570 g/mol. The molecule has 2 aliphatic rings. The maximum atomic E-state index is 13.2. The Labute approximate surface area is 230 Å². The molecule has 4 aromatic rings. The number of thiophene rings is 1. The lowest BCUT2D eigenvalue weighted by molar-refractivity contribution is -0.113. The van der Waals surface area contributed by atoms with Crippen LogP contribution in [0.3, 0.4) is 0 Å². The maximum absolute atomic E-state index is 13.2. The summed E-state index contributed by atoms with van der Waals surface area (Å²) < 4.78 is 29.9. The van der Waals surface area contributed by atoms with E-state index in [4.69, 9.17) is 0 Å². The van der Waals surface area contributed by atoms with Crippen LogP contribution >= 0.6 is 23.1 Å². The minimum atomic E-state index is -3.55. The Balaban J connectivity index is 1.12.